The van der Waals surface area contributed by atoms with Crippen LogP contribution in [-0.2, 0) is 4.79 Å². The molecular weight excluding hydrogens is 362 g/mol. The molecule has 1 aromatic heterocycles. The number of oxazole rings is 1. The minimum Gasteiger partial charge on any atom is -0.494 e. The van der Waals surface area contributed by atoms with E-state index >= 15 is 0 Å². The molecule has 0 aliphatic carbocycles. The zero-order valence-corrected chi connectivity index (χ0v) is 14.2. The highest BCUT2D eigenvalue weighted by Crippen LogP contribution is 2.30. The molecule has 132 valence electrons. The van der Waals surface area contributed by atoms with E-state index in [-0.39, 0.29) is 22.9 Å². The average molecular weight is 374 g/mol. The Morgan fingerprint density at radius 3 is 2.85 bits per heavy atom. The Bertz CT molecular complexity index is 1030. The highest BCUT2D eigenvalue weighted by atomic mass is 35.5. The summed E-state index contributed by atoms with van der Waals surface area (Å²) in [7, 11) is 1.39. The summed E-state index contributed by atoms with van der Waals surface area (Å²) in [6, 6.07) is 9.01. The van der Waals surface area contributed by atoms with Crippen LogP contribution in [0.1, 0.15) is 5.89 Å². The molecule has 0 radical (unpaired) electrons. The van der Waals surface area contributed by atoms with Crippen molar-refractivity contribution in [2.24, 2.45) is 0 Å². The predicted molar refractivity (Wildman–Crippen MR) is 96.3 cm³/mol. The van der Waals surface area contributed by atoms with Gasteiger partial charge in [0.15, 0.2) is 11.9 Å². The minimum absolute atomic E-state index is 0.109. The molecule has 0 aliphatic heterocycles. The lowest BCUT2D eigenvalue weighted by Crippen LogP contribution is -1.97. The number of carbonyl (C=O) groups is 1. The van der Waals surface area contributed by atoms with E-state index in [4.69, 9.17) is 20.8 Å². The average Bonchev–Trinajstić information content (AvgIpc) is 3.05. The number of non-ortho nitro benzene ring substituents is 1. The van der Waals surface area contributed by atoms with Crippen molar-refractivity contribution in [3.63, 3.8) is 0 Å². The maximum absolute atomic E-state index is 11.4. The van der Waals surface area contributed by atoms with Gasteiger partial charge in [0.2, 0.25) is 5.89 Å². The van der Waals surface area contributed by atoms with Crippen LogP contribution in [0.2, 0.25) is 5.02 Å². The first-order chi connectivity index (χ1) is 12.5. The van der Waals surface area contributed by atoms with Gasteiger partial charge in [-0.05, 0) is 24.3 Å². The molecule has 0 unspecified atom stereocenters. The van der Waals surface area contributed by atoms with Gasteiger partial charge in [0.25, 0.3) is 5.69 Å². The molecule has 1 heterocycles. The number of nitro groups is 1. The molecule has 2 aromatic carbocycles. The van der Waals surface area contributed by atoms with E-state index in [1.807, 2.05) is 0 Å². The van der Waals surface area contributed by atoms with E-state index < -0.39 is 4.92 Å². The summed E-state index contributed by atoms with van der Waals surface area (Å²) >= 11 is 5.91. The van der Waals surface area contributed by atoms with Crippen LogP contribution >= 0.6 is 11.6 Å². The molecule has 26 heavy (non-hydrogen) atoms. The lowest BCUT2D eigenvalue weighted by Gasteiger charge is -2.08. The molecule has 1 N–H and O–H groups in total. The fourth-order valence-corrected chi connectivity index (χ4v) is 2.40. The maximum Gasteiger partial charge on any atom is 0.273 e. The van der Waals surface area contributed by atoms with E-state index in [0.717, 1.165) is 0 Å². The van der Waals surface area contributed by atoms with E-state index in [1.54, 1.807) is 18.2 Å². The Kier molecular flexibility index (Phi) is 4.85. The molecule has 0 atom stereocenters. The normalized spacial score (nSPS) is 11.4. The fourth-order valence-electron chi connectivity index (χ4n) is 2.24. The van der Waals surface area contributed by atoms with Gasteiger partial charge in [-0.15, -0.1) is 0 Å². The molecule has 0 aliphatic rings. The van der Waals surface area contributed by atoms with Gasteiger partial charge in [0, 0.05) is 17.3 Å². The highest BCUT2D eigenvalue weighted by molar-refractivity contribution is 6.31. The van der Waals surface area contributed by atoms with Gasteiger partial charge in [0.1, 0.15) is 11.3 Å². The molecule has 9 heteroatoms. The molecule has 0 fully saturated rings. The van der Waals surface area contributed by atoms with Gasteiger partial charge in [-0.1, -0.05) is 11.6 Å². The predicted octanol–water partition coefficient (Wildman–Crippen LogP) is 4.05. The van der Waals surface area contributed by atoms with Gasteiger partial charge in [0.05, 0.1) is 29.4 Å². The van der Waals surface area contributed by atoms with Crippen molar-refractivity contribution in [2.45, 2.75) is 0 Å². The zero-order valence-electron chi connectivity index (χ0n) is 13.4. The number of methoxy groups -OCH3 is 1. The Labute approximate surface area is 152 Å². The monoisotopic (exact) mass is 373 g/mol. The van der Waals surface area contributed by atoms with E-state index in [2.05, 4.69) is 10.3 Å². The van der Waals surface area contributed by atoms with Gasteiger partial charge >= 0.3 is 0 Å². The van der Waals surface area contributed by atoms with Crippen molar-refractivity contribution >= 4 is 45.9 Å². The fraction of sp³-hybridized carbons (Fsp3) is 0.0588. The number of nitrogens with one attached hydrogen (secondary N) is 1. The first-order valence-electron chi connectivity index (χ1n) is 7.32. The summed E-state index contributed by atoms with van der Waals surface area (Å²) in [5.41, 5.74) is 1.50. The molecule has 3 aromatic rings. The molecule has 0 bridgehead atoms. The number of allylic oxidation sites excluding steroid dienone is 1. The number of nitrogens with zero attached hydrogens (tertiary/aromatic N) is 2. The number of fused-ring (bicyclic) bond motifs is 1. The first-order valence-corrected chi connectivity index (χ1v) is 7.70. The quantitative estimate of drug-likeness (QED) is 0.300. The summed E-state index contributed by atoms with van der Waals surface area (Å²) in [5.74, 6) is 0.371. The van der Waals surface area contributed by atoms with Crippen LogP contribution in [0.15, 0.2) is 47.0 Å². The van der Waals surface area contributed by atoms with Crippen molar-refractivity contribution in [1.29, 1.82) is 0 Å². The number of anilines is 1. The van der Waals surface area contributed by atoms with Gasteiger partial charge in [-0.2, -0.15) is 0 Å². The third-order valence-electron chi connectivity index (χ3n) is 3.50. The summed E-state index contributed by atoms with van der Waals surface area (Å²) in [5, 5.41) is 14.2. The standard InChI is InChI=1S/C17H12ClN3O5/c1-25-16-7-12(21(23)24)3-4-13(16)19-8-10(9-22)17-20-14-6-11(18)2-5-15(14)26-17/h2-9,19H,1H3/b10-8+. The summed E-state index contributed by atoms with van der Waals surface area (Å²) in [6.45, 7) is 0. The number of hydrogen-bond donors (Lipinski definition) is 1. The molecule has 0 spiro atoms. The molecular formula is C17H12ClN3O5. The summed E-state index contributed by atoms with van der Waals surface area (Å²) in [6.07, 6.45) is 1.96. The zero-order chi connectivity index (χ0) is 18.7. The second-order valence-corrected chi connectivity index (χ2v) is 5.57. The largest absolute Gasteiger partial charge is 0.494 e. The van der Waals surface area contributed by atoms with Gasteiger partial charge < -0.3 is 14.5 Å². The van der Waals surface area contributed by atoms with E-state index in [9.17, 15) is 14.9 Å². The number of halogens is 1. The van der Waals surface area contributed by atoms with Crippen molar-refractivity contribution in [3.8, 4) is 5.75 Å². The van der Waals surface area contributed by atoms with E-state index in [0.29, 0.717) is 28.1 Å². The molecule has 0 saturated carbocycles. The highest BCUT2D eigenvalue weighted by Gasteiger charge is 2.13. The Hall–Kier alpha value is -3.39. The van der Waals surface area contributed by atoms with Crippen molar-refractivity contribution in [3.05, 3.63) is 63.6 Å². The SMILES string of the molecule is COc1cc([N+](=O)[O-])ccc1N/C=C(\C=O)c1nc2cc(Cl)ccc2o1. The number of nitro benzene ring substituents is 1. The number of benzene rings is 2. The second-order valence-electron chi connectivity index (χ2n) is 5.13. The van der Waals surface area contributed by atoms with E-state index in [1.165, 1.54) is 31.5 Å². The van der Waals surface area contributed by atoms with Gasteiger partial charge in [-0.3, -0.25) is 14.9 Å². The Balaban J connectivity index is 1.91. The summed E-state index contributed by atoms with van der Waals surface area (Å²) in [4.78, 5) is 25.9. The van der Waals surface area contributed by atoms with Crippen LogP contribution in [0.3, 0.4) is 0 Å². The van der Waals surface area contributed by atoms with Crippen LogP contribution in [0.4, 0.5) is 11.4 Å². The Morgan fingerprint density at radius 2 is 2.15 bits per heavy atom. The number of ether oxygens (including phenoxy) is 1. The number of carbonyl (C=O) groups excluding carboxylic acids is 1. The number of aldehydes is 1. The number of hydrogen-bond acceptors (Lipinski definition) is 7. The molecule has 0 saturated heterocycles. The summed E-state index contributed by atoms with van der Waals surface area (Å²) < 4.78 is 10.7. The van der Waals surface area contributed by atoms with Crippen molar-refractivity contribution < 1.29 is 18.9 Å². The molecule has 0 amide bonds. The molecule has 8 nitrogen and oxygen atoms in total. The first kappa shape index (κ1) is 17.4. The smallest absolute Gasteiger partial charge is 0.273 e. The van der Waals surface area contributed by atoms with Crippen LogP contribution < -0.4 is 10.1 Å². The third kappa shape index (κ3) is 3.50. The van der Waals surface area contributed by atoms with Crippen LogP contribution in [0.25, 0.3) is 16.7 Å². The third-order valence-corrected chi connectivity index (χ3v) is 3.74. The second kappa shape index (κ2) is 7.24. The van der Waals surface area contributed by atoms with Crippen LogP contribution in [-0.4, -0.2) is 23.3 Å². The van der Waals surface area contributed by atoms with Crippen LogP contribution in [0, 0.1) is 10.1 Å². The molecule has 3 rings (SSSR count). The maximum atomic E-state index is 11.4. The van der Waals surface area contributed by atoms with Crippen LogP contribution in [0.5, 0.6) is 5.75 Å². The lowest BCUT2D eigenvalue weighted by molar-refractivity contribution is -0.384. The van der Waals surface area contributed by atoms with Crippen molar-refractivity contribution in [1.82, 2.24) is 4.98 Å². The minimum atomic E-state index is -0.525. The number of rotatable bonds is 6. The Morgan fingerprint density at radius 1 is 1.35 bits per heavy atom. The lowest BCUT2D eigenvalue weighted by atomic mass is 10.2. The topological polar surface area (TPSA) is 108 Å². The van der Waals surface area contributed by atoms with Gasteiger partial charge in [-0.25, -0.2) is 4.98 Å². The number of aromatic nitrogens is 1. The van der Waals surface area contributed by atoms with Crippen molar-refractivity contribution in [2.75, 3.05) is 12.4 Å².